The lowest BCUT2D eigenvalue weighted by atomic mass is 9.93. The molecule has 1 N–H and O–H groups in total. The molecule has 1 amide bonds. The molecule has 0 aliphatic carbocycles. The first-order valence-corrected chi connectivity index (χ1v) is 10.9. The van der Waals surface area contributed by atoms with Crippen LogP contribution in [0, 0.1) is 5.41 Å². The predicted molar refractivity (Wildman–Crippen MR) is 116 cm³/mol. The summed E-state index contributed by atoms with van der Waals surface area (Å²) in [5, 5.41) is 2.47. The Kier molecular flexibility index (Phi) is 7.14. The average Bonchev–Trinajstić information content (AvgIpc) is 2.95. The van der Waals surface area contributed by atoms with Crippen LogP contribution >= 0.6 is 0 Å². The lowest BCUT2D eigenvalue weighted by Gasteiger charge is -2.30. The lowest BCUT2D eigenvalue weighted by Crippen LogP contribution is -2.43. The van der Waals surface area contributed by atoms with Gasteiger partial charge in [-0.3, -0.25) is 10.2 Å². The first-order chi connectivity index (χ1) is 14.6. The fourth-order valence-electron chi connectivity index (χ4n) is 3.98. The Labute approximate surface area is 181 Å². The second kappa shape index (κ2) is 9.47. The van der Waals surface area contributed by atoms with Gasteiger partial charge < -0.3 is 4.74 Å². The number of amides is 1. The van der Waals surface area contributed by atoms with Crippen molar-refractivity contribution in [3.8, 4) is 5.75 Å². The second-order valence-electron chi connectivity index (χ2n) is 8.90. The number of carbonyl (C=O) groups is 1. The molecule has 2 aromatic rings. The molecule has 1 aliphatic rings. The van der Waals surface area contributed by atoms with Crippen LogP contribution in [-0.4, -0.2) is 30.2 Å². The zero-order valence-electron chi connectivity index (χ0n) is 18.4. The van der Waals surface area contributed by atoms with E-state index in [1.54, 1.807) is 32.0 Å². The van der Waals surface area contributed by atoms with Gasteiger partial charge in [0.1, 0.15) is 11.8 Å². The molecule has 0 bridgehead atoms. The first kappa shape index (κ1) is 23.4. The molecule has 1 atom stereocenters. The summed E-state index contributed by atoms with van der Waals surface area (Å²) in [5.41, 5.74) is 1.59. The summed E-state index contributed by atoms with van der Waals surface area (Å²) in [6.45, 7) is 5.86. The molecule has 2 aromatic carbocycles. The van der Waals surface area contributed by atoms with E-state index in [2.05, 4.69) is 12.3 Å². The van der Waals surface area contributed by atoms with Crippen molar-refractivity contribution in [1.82, 2.24) is 10.4 Å². The van der Waals surface area contributed by atoms with E-state index in [0.29, 0.717) is 17.7 Å². The van der Waals surface area contributed by atoms with E-state index in [-0.39, 0.29) is 12.1 Å². The summed E-state index contributed by atoms with van der Waals surface area (Å²) in [6.07, 6.45) is 0.776. The third kappa shape index (κ3) is 5.50. The minimum absolute atomic E-state index is 0.0313. The molecular formula is C24H31F3N2O2. The number of ether oxygens (including phenoxy) is 1. The van der Waals surface area contributed by atoms with E-state index in [9.17, 15) is 18.0 Å². The summed E-state index contributed by atoms with van der Waals surface area (Å²) in [6, 6.07) is 8.35. The molecule has 0 radical (unpaired) electrons. The minimum Gasteiger partial charge on any atom is -0.493 e. The first-order valence-electron chi connectivity index (χ1n) is 10.9. The van der Waals surface area contributed by atoms with Gasteiger partial charge in [0.15, 0.2) is 0 Å². The number of hydrogen-bond donors (Lipinski definition) is 1. The standard InChI is InChI=1S/C24H31F3N2O2/c1-4-5-6-7-10-13-31-20-15-18(14-17-11-8-9-12-19(17)20)21(24(25,26)27)29-16-23(2,3)22(30)28-29/h8-9,11-12,14-15,21H,4-7,10,13,16H2,1-3H3,(H,28,30). The van der Waals surface area contributed by atoms with Gasteiger partial charge in [-0.15, -0.1) is 0 Å². The van der Waals surface area contributed by atoms with Gasteiger partial charge in [0.2, 0.25) is 5.91 Å². The molecule has 1 unspecified atom stereocenters. The molecule has 0 aromatic heterocycles. The Morgan fingerprint density at radius 1 is 1.13 bits per heavy atom. The monoisotopic (exact) mass is 436 g/mol. The number of hydrazine groups is 1. The SMILES string of the molecule is CCCCCCCOc1cc(C(N2CC(C)(C)C(=O)N2)C(F)(F)F)cc2ccccc12. The quantitative estimate of drug-likeness (QED) is 0.478. The van der Waals surface area contributed by atoms with E-state index < -0.39 is 23.5 Å². The maximum Gasteiger partial charge on any atom is 0.409 e. The van der Waals surface area contributed by atoms with Crippen LogP contribution in [-0.2, 0) is 4.79 Å². The van der Waals surface area contributed by atoms with E-state index in [4.69, 9.17) is 4.74 Å². The number of halogens is 3. The van der Waals surface area contributed by atoms with Crippen LogP contribution in [0.1, 0.15) is 64.5 Å². The van der Waals surface area contributed by atoms with E-state index in [1.807, 2.05) is 12.1 Å². The third-order valence-corrected chi connectivity index (χ3v) is 5.71. The fourth-order valence-corrected chi connectivity index (χ4v) is 3.98. The van der Waals surface area contributed by atoms with Crippen molar-refractivity contribution in [3.63, 3.8) is 0 Å². The van der Waals surface area contributed by atoms with Crippen molar-refractivity contribution in [2.24, 2.45) is 5.41 Å². The number of alkyl halides is 3. The van der Waals surface area contributed by atoms with Crippen LogP contribution < -0.4 is 10.2 Å². The van der Waals surface area contributed by atoms with Crippen molar-refractivity contribution in [1.29, 1.82) is 0 Å². The highest BCUT2D eigenvalue weighted by Gasteiger charge is 2.51. The zero-order chi connectivity index (χ0) is 22.6. The van der Waals surface area contributed by atoms with Gasteiger partial charge in [-0.25, -0.2) is 5.01 Å². The summed E-state index contributed by atoms with van der Waals surface area (Å²) in [7, 11) is 0. The van der Waals surface area contributed by atoms with Gasteiger partial charge in [-0.2, -0.15) is 13.2 Å². The van der Waals surface area contributed by atoms with Crippen LogP contribution in [0.5, 0.6) is 5.75 Å². The molecule has 1 aliphatic heterocycles. The van der Waals surface area contributed by atoms with Crippen LogP contribution in [0.25, 0.3) is 10.8 Å². The fraction of sp³-hybridized carbons (Fsp3) is 0.542. The highest BCUT2D eigenvalue weighted by molar-refractivity contribution is 5.89. The molecule has 7 heteroatoms. The van der Waals surface area contributed by atoms with Gasteiger partial charge in [0, 0.05) is 11.9 Å². The van der Waals surface area contributed by atoms with Gasteiger partial charge in [0.05, 0.1) is 12.0 Å². The van der Waals surface area contributed by atoms with Crippen molar-refractivity contribution in [3.05, 3.63) is 42.0 Å². The maximum atomic E-state index is 14.2. The van der Waals surface area contributed by atoms with Crippen LogP contribution in [0.2, 0.25) is 0 Å². The number of nitrogens with zero attached hydrogens (tertiary/aromatic N) is 1. The maximum absolute atomic E-state index is 14.2. The number of rotatable bonds is 9. The largest absolute Gasteiger partial charge is 0.493 e. The smallest absolute Gasteiger partial charge is 0.409 e. The van der Waals surface area contributed by atoms with E-state index in [0.717, 1.165) is 36.1 Å². The van der Waals surface area contributed by atoms with Crippen molar-refractivity contribution in [2.45, 2.75) is 65.1 Å². The molecule has 170 valence electrons. The summed E-state index contributed by atoms with van der Waals surface area (Å²) in [4.78, 5) is 12.2. The topological polar surface area (TPSA) is 41.6 Å². The number of nitrogens with one attached hydrogen (secondary N) is 1. The van der Waals surface area contributed by atoms with Crippen molar-refractivity contribution < 1.29 is 22.7 Å². The minimum atomic E-state index is -4.56. The predicted octanol–water partition coefficient (Wildman–Crippen LogP) is 6.17. The molecule has 0 saturated carbocycles. The highest BCUT2D eigenvalue weighted by atomic mass is 19.4. The van der Waals surface area contributed by atoms with Gasteiger partial charge in [-0.05, 0) is 43.4 Å². The summed E-state index contributed by atoms with van der Waals surface area (Å²) in [5.74, 6) is 0.0358. The second-order valence-corrected chi connectivity index (χ2v) is 8.90. The molecular weight excluding hydrogens is 405 g/mol. The average molecular weight is 437 g/mol. The molecule has 3 rings (SSSR count). The van der Waals surface area contributed by atoms with E-state index in [1.165, 1.54) is 12.5 Å². The number of benzene rings is 2. The molecule has 4 nitrogen and oxygen atoms in total. The number of hydrogen-bond acceptors (Lipinski definition) is 3. The van der Waals surface area contributed by atoms with Crippen molar-refractivity contribution in [2.75, 3.05) is 13.2 Å². The molecule has 1 saturated heterocycles. The zero-order valence-corrected chi connectivity index (χ0v) is 18.4. The lowest BCUT2D eigenvalue weighted by molar-refractivity contribution is -0.191. The normalized spacial score (nSPS) is 17.7. The highest BCUT2D eigenvalue weighted by Crippen LogP contribution is 2.43. The molecule has 0 spiro atoms. The summed E-state index contributed by atoms with van der Waals surface area (Å²) < 4.78 is 48.4. The van der Waals surface area contributed by atoms with Crippen LogP contribution in [0.4, 0.5) is 13.2 Å². The molecule has 1 fully saturated rings. The molecule has 1 heterocycles. The third-order valence-electron chi connectivity index (χ3n) is 5.71. The number of carbonyl (C=O) groups excluding carboxylic acids is 1. The van der Waals surface area contributed by atoms with Gasteiger partial charge >= 0.3 is 6.18 Å². The Balaban J connectivity index is 1.91. The Bertz CT molecular complexity index is 911. The van der Waals surface area contributed by atoms with Gasteiger partial charge in [0.25, 0.3) is 0 Å². The van der Waals surface area contributed by atoms with Crippen LogP contribution in [0.3, 0.4) is 0 Å². The Morgan fingerprint density at radius 2 is 1.84 bits per heavy atom. The summed E-state index contributed by atoms with van der Waals surface area (Å²) >= 11 is 0. The number of unbranched alkanes of at least 4 members (excludes halogenated alkanes) is 4. The van der Waals surface area contributed by atoms with Gasteiger partial charge in [-0.1, -0.05) is 56.9 Å². The number of fused-ring (bicyclic) bond motifs is 1. The van der Waals surface area contributed by atoms with Crippen molar-refractivity contribution >= 4 is 16.7 Å². The molecule has 31 heavy (non-hydrogen) atoms. The Hall–Kier alpha value is -2.28. The van der Waals surface area contributed by atoms with E-state index >= 15 is 0 Å². The van der Waals surface area contributed by atoms with Crippen LogP contribution in [0.15, 0.2) is 36.4 Å². The Morgan fingerprint density at radius 3 is 2.48 bits per heavy atom.